The molecule has 0 bridgehead atoms. The van der Waals surface area contributed by atoms with E-state index in [1.54, 1.807) is 0 Å². The summed E-state index contributed by atoms with van der Waals surface area (Å²) in [5, 5.41) is 14.7. The van der Waals surface area contributed by atoms with Gasteiger partial charge < -0.3 is 15.7 Å². The largest absolute Gasteiger partial charge is 0.506 e. The summed E-state index contributed by atoms with van der Waals surface area (Å²) in [6, 6.07) is 4.20. The van der Waals surface area contributed by atoms with Crippen molar-refractivity contribution in [3.05, 3.63) is 23.2 Å². The van der Waals surface area contributed by atoms with Gasteiger partial charge in [-0.15, -0.1) is 0 Å². The highest BCUT2D eigenvalue weighted by Gasteiger charge is 2.14. The van der Waals surface area contributed by atoms with E-state index < -0.39 is 11.8 Å². The van der Waals surface area contributed by atoms with Gasteiger partial charge in [-0.25, -0.2) is 0 Å². The van der Waals surface area contributed by atoms with E-state index in [1.165, 1.54) is 18.2 Å². The molecule has 1 rings (SSSR count). The Kier molecular flexibility index (Phi) is 6.15. The van der Waals surface area contributed by atoms with Crippen LogP contribution in [-0.2, 0) is 9.59 Å². The normalized spacial score (nSPS) is 10.0. The van der Waals surface area contributed by atoms with Crippen molar-refractivity contribution >= 4 is 29.1 Å². The number of phenolic OH excluding ortho intramolecular Hbond substituents is 1. The maximum atomic E-state index is 11.6. The molecule has 0 radical (unpaired) electrons. The number of amides is 2. The number of carbonyl (C=O) groups excluding carboxylic acids is 2. The Morgan fingerprint density at radius 3 is 2.68 bits per heavy atom. The van der Waals surface area contributed by atoms with Gasteiger partial charge in [0.25, 0.3) is 0 Å². The Labute approximate surface area is 117 Å². The molecule has 1 aromatic carbocycles. The van der Waals surface area contributed by atoms with Crippen molar-refractivity contribution in [2.75, 3.05) is 11.9 Å². The lowest BCUT2D eigenvalue weighted by molar-refractivity contribution is -0.136. The molecule has 0 aliphatic carbocycles. The van der Waals surface area contributed by atoms with Crippen LogP contribution in [0.3, 0.4) is 0 Å². The summed E-state index contributed by atoms with van der Waals surface area (Å²) in [7, 11) is 0. The lowest BCUT2D eigenvalue weighted by Crippen LogP contribution is -2.35. The molecular formula is C13H17ClN2O3. The molecule has 0 heterocycles. The van der Waals surface area contributed by atoms with Crippen molar-refractivity contribution in [3.8, 4) is 5.75 Å². The average Bonchev–Trinajstić information content (AvgIpc) is 2.38. The number of halogens is 1. The van der Waals surface area contributed by atoms with Gasteiger partial charge in [0, 0.05) is 11.6 Å². The number of anilines is 1. The molecule has 104 valence electrons. The van der Waals surface area contributed by atoms with Crippen molar-refractivity contribution < 1.29 is 14.7 Å². The Bertz CT molecular complexity index is 463. The second-order valence-corrected chi connectivity index (χ2v) is 4.52. The van der Waals surface area contributed by atoms with Crippen LogP contribution in [0.4, 0.5) is 5.69 Å². The van der Waals surface area contributed by atoms with Gasteiger partial charge in [-0.05, 0) is 24.6 Å². The fourth-order valence-electron chi connectivity index (χ4n) is 1.44. The Morgan fingerprint density at radius 2 is 2.00 bits per heavy atom. The molecule has 1 aromatic rings. The molecule has 2 amide bonds. The van der Waals surface area contributed by atoms with Crippen molar-refractivity contribution in [1.82, 2.24) is 5.32 Å². The summed E-state index contributed by atoms with van der Waals surface area (Å²) in [6.07, 6.45) is 2.87. The minimum absolute atomic E-state index is 0.112. The molecule has 0 atom stereocenters. The van der Waals surface area contributed by atoms with Crippen LogP contribution in [0.15, 0.2) is 18.2 Å². The van der Waals surface area contributed by atoms with E-state index in [1.807, 2.05) is 0 Å². The van der Waals surface area contributed by atoms with E-state index in [0.717, 1.165) is 19.3 Å². The number of nitrogens with one attached hydrogen (secondary N) is 2. The summed E-state index contributed by atoms with van der Waals surface area (Å²) in [5.41, 5.74) is 0.112. The third kappa shape index (κ3) is 5.18. The van der Waals surface area contributed by atoms with Crippen LogP contribution in [0.2, 0.25) is 5.02 Å². The number of benzene rings is 1. The van der Waals surface area contributed by atoms with E-state index in [4.69, 9.17) is 11.6 Å². The number of phenols is 1. The third-order valence-electron chi connectivity index (χ3n) is 2.48. The smallest absolute Gasteiger partial charge is 0.313 e. The lowest BCUT2D eigenvalue weighted by atomic mass is 10.2. The summed E-state index contributed by atoms with van der Waals surface area (Å²) >= 11 is 5.74. The van der Waals surface area contributed by atoms with Crippen LogP contribution in [0, 0.1) is 0 Å². The molecule has 0 aliphatic heterocycles. The third-order valence-corrected chi connectivity index (χ3v) is 2.71. The first-order valence-corrected chi connectivity index (χ1v) is 6.50. The second kappa shape index (κ2) is 7.63. The number of unbranched alkanes of at least 4 members (excludes halogenated alkanes) is 2. The van der Waals surface area contributed by atoms with Crippen molar-refractivity contribution in [2.24, 2.45) is 0 Å². The Balaban J connectivity index is 2.49. The van der Waals surface area contributed by atoms with Crippen LogP contribution in [0.1, 0.15) is 26.2 Å². The highest BCUT2D eigenvalue weighted by Crippen LogP contribution is 2.26. The summed E-state index contributed by atoms with van der Waals surface area (Å²) < 4.78 is 0. The molecule has 0 saturated carbocycles. The predicted molar refractivity (Wildman–Crippen MR) is 74.3 cm³/mol. The summed E-state index contributed by atoms with van der Waals surface area (Å²) in [6.45, 7) is 2.51. The Morgan fingerprint density at radius 1 is 1.26 bits per heavy atom. The van der Waals surface area contributed by atoms with E-state index in [9.17, 15) is 14.7 Å². The van der Waals surface area contributed by atoms with Gasteiger partial charge in [0.15, 0.2) is 0 Å². The zero-order chi connectivity index (χ0) is 14.3. The number of rotatable bonds is 5. The molecule has 0 spiro atoms. The molecule has 0 fully saturated rings. The zero-order valence-electron chi connectivity index (χ0n) is 10.7. The minimum Gasteiger partial charge on any atom is -0.506 e. The van der Waals surface area contributed by atoms with Gasteiger partial charge in [-0.3, -0.25) is 9.59 Å². The molecule has 6 heteroatoms. The van der Waals surface area contributed by atoms with E-state index >= 15 is 0 Å². The van der Waals surface area contributed by atoms with E-state index in [2.05, 4.69) is 17.6 Å². The van der Waals surface area contributed by atoms with Crippen molar-refractivity contribution in [1.29, 1.82) is 0 Å². The molecule has 5 nitrogen and oxygen atoms in total. The van der Waals surface area contributed by atoms with E-state index in [0.29, 0.717) is 11.6 Å². The molecule has 0 aromatic heterocycles. The molecule has 0 unspecified atom stereocenters. The minimum atomic E-state index is -0.825. The van der Waals surface area contributed by atoms with Crippen LogP contribution >= 0.6 is 11.6 Å². The zero-order valence-corrected chi connectivity index (χ0v) is 11.5. The van der Waals surface area contributed by atoms with Crippen molar-refractivity contribution in [3.63, 3.8) is 0 Å². The van der Waals surface area contributed by atoms with Crippen LogP contribution in [-0.4, -0.2) is 23.5 Å². The monoisotopic (exact) mass is 284 g/mol. The number of hydrogen-bond donors (Lipinski definition) is 3. The van der Waals surface area contributed by atoms with Gasteiger partial charge in [0.2, 0.25) is 0 Å². The standard InChI is InChI=1S/C13H17ClN2O3/c1-2-3-4-7-15-12(18)13(19)16-10-8-9(14)5-6-11(10)17/h5-6,8,17H,2-4,7H2,1H3,(H,15,18)(H,16,19). The van der Waals surface area contributed by atoms with Crippen LogP contribution < -0.4 is 10.6 Å². The quantitative estimate of drug-likeness (QED) is 0.441. The first-order valence-electron chi connectivity index (χ1n) is 6.12. The molecule has 0 aliphatic rings. The predicted octanol–water partition coefficient (Wildman–Crippen LogP) is 2.29. The lowest BCUT2D eigenvalue weighted by Gasteiger charge is -2.08. The fourth-order valence-corrected chi connectivity index (χ4v) is 1.62. The van der Waals surface area contributed by atoms with Crippen LogP contribution in [0.5, 0.6) is 5.75 Å². The topological polar surface area (TPSA) is 78.4 Å². The summed E-state index contributed by atoms with van der Waals surface area (Å²) in [5.74, 6) is -1.69. The van der Waals surface area contributed by atoms with E-state index in [-0.39, 0.29) is 11.4 Å². The Hall–Kier alpha value is -1.75. The van der Waals surface area contributed by atoms with Crippen molar-refractivity contribution in [2.45, 2.75) is 26.2 Å². The van der Waals surface area contributed by atoms with Gasteiger partial charge in [-0.1, -0.05) is 31.4 Å². The van der Waals surface area contributed by atoms with Gasteiger partial charge in [0.1, 0.15) is 5.75 Å². The molecule has 0 saturated heterocycles. The average molecular weight is 285 g/mol. The van der Waals surface area contributed by atoms with Gasteiger partial charge >= 0.3 is 11.8 Å². The first-order chi connectivity index (χ1) is 9.04. The van der Waals surface area contributed by atoms with Gasteiger partial charge in [0.05, 0.1) is 5.69 Å². The highest BCUT2D eigenvalue weighted by atomic mass is 35.5. The number of aromatic hydroxyl groups is 1. The molecule has 19 heavy (non-hydrogen) atoms. The van der Waals surface area contributed by atoms with Gasteiger partial charge in [-0.2, -0.15) is 0 Å². The second-order valence-electron chi connectivity index (χ2n) is 4.08. The maximum absolute atomic E-state index is 11.6. The number of carbonyl (C=O) groups is 2. The molecule has 3 N–H and O–H groups in total. The SMILES string of the molecule is CCCCCNC(=O)C(=O)Nc1cc(Cl)ccc1O. The fraction of sp³-hybridized carbons (Fsp3) is 0.385. The van der Waals surface area contributed by atoms with Crippen LogP contribution in [0.25, 0.3) is 0 Å². The number of hydrogen-bond acceptors (Lipinski definition) is 3. The first kappa shape index (κ1) is 15.3. The highest BCUT2D eigenvalue weighted by molar-refractivity contribution is 6.40. The summed E-state index contributed by atoms with van der Waals surface area (Å²) in [4.78, 5) is 23.0. The maximum Gasteiger partial charge on any atom is 0.313 e. The molecular weight excluding hydrogens is 268 g/mol.